The average molecular weight is 377 g/mol. The highest BCUT2D eigenvalue weighted by Crippen LogP contribution is 2.40. The summed E-state index contributed by atoms with van der Waals surface area (Å²) >= 11 is 12.1. The molecule has 2 unspecified atom stereocenters. The van der Waals surface area contributed by atoms with E-state index in [1.54, 1.807) is 24.3 Å². The first kappa shape index (κ1) is 17.8. The van der Waals surface area contributed by atoms with Crippen LogP contribution >= 0.6 is 23.2 Å². The van der Waals surface area contributed by atoms with Crippen LogP contribution in [0.2, 0.25) is 10.0 Å². The highest BCUT2D eigenvalue weighted by atomic mass is 35.5. The Bertz CT molecular complexity index is 782. The van der Waals surface area contributed by atoms with Crippen molar-refractivity contribution in [3.05, 3.63) is 57.6 Å². The molecule has 130 valence electrons. The van der Waals surface area contributed by atoms with Crippen LogP contribution in [0.25, 0.3) is 0 Å². The molecule has 0 spiro atoms. The van der Waals surface area contributed by atoms with Gasteiger partial charge < -0.3 is 10.6 Å². The summed E-state index contributed by atoms with van der Waals surface area (Å²) in [6, 6.07) is 10.7. The Kier molecular flexibility index (Phi) is 5.02. The Labute approximate surface area is 156 Å². The van der Waals surface area contributed by atoms with E-state index in [0.29, 0.717) is 27.8 Å². The van der Waals surface area contributed by atoms with Crippen molar-refractivity contribution in [2.75, 3.05) is 10.6 Å². The fraction of sp³-hybridized carbons (Fsp3) is 0.263. The smallest absolute Gasteiger partial charge is 0.228 e. The number of carbonyl (C=O) groups is 2. The molecular weight excluding hydrogens is 359 g/mol. The lowest BCUT2D eigenvalue weighted by atomic mass is 10.2. The maximum absolute atomic E-state index is 12.3. The van der Waals surface area contributed by atoms with E-state index in [4.69, 9.17) is 23.2 Å². The number of benzene rings is 2. The number of hydrogen-bond acceptors (Lipinski definition) is 2. The standard InChI is InChI=1S/C19H18Cl2N2O2/c1-10-3-5-12(7-16(10)20)22-18(24)14-9-15(14)19(25)23-13-6-4-11(2)17(21)8-13/h3-8,14-15H,9H2,1-2H3,(H,22,24)(H,23,25). The van der Waals surface area contributed by atoms with Gasteiger partial charge in [0.15, 0.2) is 0 Å². The largest absolute Gasteiger partial charge is 0.326 e. The second kappa shape index (κ2) is 7.06. The van der Waals surface area contributed by atoms with Crippen LogP contribution in [-0.2, 0) is 9.59 Å². The van der Waals surface area contributed by atoms with Crippen molar-refractivity contribution in [3.63, 3.8) is 0 Å². The summed E-state index contributed by atoms with van der Waals surface area (Å²) in [6.07, 6.45) is 0.539. The number of rotatable bonds is 4. The van der Waals surface area contributed by atoms with Gasteiger partial charge in [0.2, 0.25) is 11.8 Å². The Balaban J connectivity index is 1.57. The molecule has 1 aliphatic carbocycles. The van der Waals surface area contributed by atoms with Crippen molar-refractivity contribution in [1.82, 2.24) is 0 Å². The first-order valence-electron chi connectivity index (χ1n) is 7.99. The maximum atomic E-state index is 12.3. The van der Waals surface area contributed by atoms with E-state index in [9.17, 15) is 9.59 Å². The van der Waals surface area contributed by atoms with Crippen molar-refractivity contribution < 1.29 is 9.59 Å². The highest BCUT2D eigenvalue weighted by molar-refractivity contribution is 6.32. The monoisotopic (exact) mass is 376 g/mol. The molecule has 0 heterocycles. The van der Waals surface area contributed by atoms with Gasteiger partial charge in [-0.15, -0.1) is 0 Å². The second-order valence-corrected chi connectivity index (χ2v) is 7.17. The molecule has 0 aromatic heterocycles. The van der Waals surface area contributed by atoms with E-state index in [2.05, 4.69) is 10.6 Å². The number of halogens is 2. The molecule has 2 atom stereocenters. The number of anilines is 2. The number of aryl methyl sites for hydroxylation is 2. The van der Waals surface area contributed by atoms with E-state index in [-0.39, 0.29) is 23.7 Å². The lowest BCUT2D eigenvalue weighted by molar-refractivity contribution is -0.122. The molecule has 4 nitrogen and oxygen atoms in total. The zero-order valence-electron chi connectivity index (χ0n) is 13.9. The van der Waals surface area contributed by atoms with Gasteiger partial charge in [-0.25, -0.2) is 0 Å². The van der Waals surface area contributed by atoms with Crippen molar-refractivity contribution in [2.24, 2.45) is 11.8 Å². The van der Waals surface area contributed by atoms with Gasteiger partial charge in [-0.05, 0) is 55.7 Å². The maximum Gasteiger partial charge on any atom is 0.228 e. The molecule has 2 aromatic rings. The van der Waals surface area contributed by atoms with Crippen LogP contribution in [-0.4, -0.2) is 11.8 Å². The third-order valence-electron chi connectivity index (χ3n) is 4.34. The van der Waals surface area contributed by atoms with E-state index in [1.165, 1.54) is 0 Å². The lowest BCUT2D eigenvalue weighted by Gasteiger charge is -2.08. The average Bonchev–Trinajstić information content (AvgIpc) is 3.35. The van der Waals surface area contributed by atoms with E-state index >= 15 is 0 Å². The van der Waals surface area contributed by atoms with Gasteiger partial charge in [-0.1, -0.05) is 35.3 Å². The number of amides is 2. The second-order valence-electron chi connectivity index (χ2n) is 6.36. The van der Waals surface area contributed by atoms with Crippen LogP contribution < -0.4 is 10.6 Å². The zero-order valence-corrected chi connectivity index (χ0v) is 15.4. The highest BCUT2D eigenvalue weighted by Gasteiger charge is 2.48. The normalized spacial score (nSPS) is 18.6. The molecule has 25 heavy (non-hydrogen) atoms. The fourth-order valence-corrected chi connectivity index (χ4v) is 2.95. The molecule has 0 aliphatic heterocycles. The summed E-state index contributed by atoms with van der Waals surface area (Å²) in [5.41, 5.74) is 3.16. The van der Waals surface area contributed by atoms with Crippen molar-refractivity contribution in [3.8, 4) is 0 Å². The quantitative estimate of drug-likeness (QED) is 0.802. The van der Waals surface area contributed by atoms with Crippen LogP contribution in [0.3, 0.4) is 0 Å². The van der Waals surface area contributed by atoms with Gasteiger partial charge in [0.05, 0.1) is 11.8 Å². The summed E-state index contributed by atoms with van der Waals surface area (Å²) in [7, 11) is 0. The molecule has 2 amide bonds. The minimum atomic E-state index is -0.319. The number of hydrogen-bond donors (Lipinski definition) is 2. The molecule has 1 aliphatic rings. The Morgan fingerprint density at radius 1 is 0.840 bits per heavy atom. The number of nitrogens with one attached hydrogen (secondary N) is 2. The Morgan fingerprint density at radius 2 is 1.24 bits per heavy atom. The third kappa shape index (κ3) is 4.14. The van der Waals surface area contributed by atoms with Gasteiger partial charge in [0.25, 0.3) is 0 Å². The van der Waals surface area contributed by atoms with Gasteiger partial charge in [0, 0.05) is 21.4 Å². The van der Waals surface area contributed by atoms with Crippen molar-refractivity contribution in [2.45, 2.75) is 20.3 Å². The molecule has 6 heteroatoms. The topological polar surface area (TPSA) is 58.2 Å². The van der Waals surface area contributed by atoms with Gasteiger partial charge in [-0.2, -0.15) is 0 Å². The van der Waals surface area contributed by atoms with E-state index in [1.807, 2.05) is 26.0 Å². The number of carbonyl (C=O) groups excluding carboxylic acids is 2. The van der Waals surface area contributed by atoms with Crippen LogP contribution in [0, 0.1) is 25.7 Å². The summed E-state index contributed by atoms with van der Waals surface area (Å²) < 4.78 is 0. The minimum absolute atomic E-state index is 0.165. The first-order valence-corrected chi connectivity index (χ1v) is 8.75. The van der Waals surface area contributed by atoms with E-state index in [0.717, 1.165) is 11.1 Å². The molecule has 3 rings (SSSR count). The van der Waals surface area contributed by atoms with Gasteiger partial charge in [0.1, 0.15) is 0 Å². The predicted octanol–water partition coefficient (Wildman–Crippen LogP) is 4.82. The lowest BCUT2D eigenvalue weighted by Crippen LogP contribution is -2.20. The Morgan fingerprint density at radius 3 is 1.60 bits per heavy atom. The van der Waals surface area contributed by atoms with E-state index < -0.39 is 0 Å². The first-order chi connectivity index (χ1) is 11.8. The summed E-state index contributed by atoms with van der Waals surface area (Å²) in [5.74, 6) is -0.967. The van der Waals surface area contributed by atoms with Gasteiger partial charge >= 0.3 is 0 Å². The molecule has 2 aromatic carbocycles. The van der Waals surface area contributed by atoms with Crippen LogP contribution in [0.5, 0.6) is 0 Å². The predicted molar refractivity (Wildman–Crippen MR) is 101 cm³/mol. The van der Waals surface area contributed by atoms with Gasteiger partial charge in [-0.3, -0.25) is 9.59 Å². The summed E-state index contributed by atoms with van der Waals surface area (Å²) in [4.78, 5) is 24.6. The van der Waals surface area contributed by atoms with Crippen LogP contribution in [0.15, 0.2) is 36.4 Å². The summed E-state index contributed by atoms with van der Waals surface area (Å²) in [5, 5.41) is 6.82. The molecule has 1 fully saturated rings. The van der Waals surface area contributed by atoms with Crippen LogP contribution in [0.4, 0.5) is 11.4 Å². The van der Waals surface area contributed by atoms with Crippen molar-refractivity contribution >= 4 is 46.4 Å². The fourth-order valence-electron chi connectivity index (χ4n) is 2.59. The zero-order chi connectivity index (χ0) is 18.1. The molecule has 0 radical (unpaired) electrons. The molecule has 0 saturated heterocycles. The third-order valence-corrected chi connectivity index (χ3v) is 5.16. The minimum Gasteiger partial charge on any atom is -0.326 e. The molecule has 2 N–H and O–H groups in total. The SMILES string of the molecule is Cc1ccc(NC(=O)C2CC2C(=O)Nc2ccc(C)c(Cl)c2)cc1Cl. The molecule has 0 bridgehead atoms. The molecule has 1 saturated carbocycles. The Hall–Kier alpha value is -2.04. The van der Waals surface area contributed by atoms with Crippen LogP contribution in [0.1, 0.15) is 17.5 Å². The summed E-state index contributed by atoms with van der Waals surface area (Å²) in [6.45, 7) is 3.79. The van der Waals surface area contributed by atoms with Crippen molar-refractivity contribution in [1.29, 1.82) is 0 Å². The molecular formula is C19H18Cl2N2O2.